The van der Waals surface area contributed by atoms with Crippen LogP contribution in [0.25, 0.3) is 10.9 Å². The van der Waals surface area contributed by atoms with Crippen molar-refractivity contribution in [1.29, 1.82) is 0 Å². The lowest BCUT2D eigenvalue weighted by atomic mass is 10.1. The SMILES string of the molecule is CC.COC(=O)c1cc(C)cc2cc[nH]c12. The minimum atomic E-state index is -0.304. The maximum absolute atomic E-state index is 11.4. The van der Waals surface area contributed by atoms with Crippen molar-refractivity contribution < 1.29 is 9.53 Å². The van der Waals surface area contributed by atoms with Crippen LogP contribution in [-0.4, -0.2) is 18.1 Å². The van der Waals surface area contributed by atoms with Gasteiger partial charge in [-0.3, -0.25) is 0 Å². The highest BCUT2D eigenvalue weighted by molar-refractivity contribution is 6.03. The first-order valence-corrected chi connectivity index (χ1v) is 5.38. The summed E-state index contributed by atoms with van der Waals surface area (Å²) in [5.41, 5.74) is 2.48. The van der Waals surface area contributed by atoms with Crippen LogP contribution in [0.5, 0.6) is 0 Å². The number of H-pyrrole nitrogens is 1. The Kier molecular flexibility index (Phi) is 4.11. The van der Waals surface area contributed by atoms with Gasteiger partial charge in [0.1, 0.15) is 0 Å². The van der Waals surface area contributed by atoms with Crippen LogP contribution in [0.1, 0.15) is 29.8 Å². The molecule has 0 fully saturated rings. The van der Waals surface area contributed by atoms with Crippen molar-refractivity contribution in [3.63, 3.8) is 0 Å². The Bertz CT molecular complexity index is 486. The number of aryl methyl sites for hydroxylation is 1. The molecule has 0 aliphatic heterocycles. The molecule has 0 unspecified atom stereocenters. The van der Waals surface area contributed by atoms with E-state index in [1.54, 1.807) is 0 Å². The fourth-order valence-corrected chi connectivity index (χ4v) is 1.59. The molecule has 1 heterocycles. The summed E-state index contributed by atoms with van der Waals surface area (Å²) in [6.07, 6.45) is 1.82. The Balaban J connectivity index is 0.000000606. The number of esters is 1. The number of aromatic amines is 1. The molecule has 16 heavy (non-hydrogen) atoms. The number of aromatic nitrogens is 1. The molecule has 0 radical (unpaired) electrons. The van der Waals surface area contributed by atoms with E-state index in [2.05, 4.69) is 4.98 Å². The van der Waals surface area contributed by atoms with Gasteiger partial charge in [-0.05, 0) is 30.7 Å². The fraction of sp³-hybridized carbons (Fsp3) is 0.308. The molecule has 2 aromatic rings. The number of rotatable bonds is 1. The maximum atomic E-state index is 11.4. The van der Waals surface area contributed by atoms with Gasteiger partial charge in [0.2, 0.25) is 0 Å². The van der Waals surface area contributed by atoms with E-state index in [1.807, 2.05) is 45.2 Å². The lowest BCUT2D eigenvalue weighted by Crippen LogP contribution is -2.02. The van der Waals surface area contributed by atoms with E-state index in [4.69, 9.17) is 4.74 Å². The van der Waals surface area contributed by atoms with Gasteiger partial charge in [-0.1, -0.05) is 13.8 Å². The van der Waals surface area contributed by atoms with Crippen molar-refractivity contribution in [1.82, 2.24) is 4.98 Å². The lowest BCUT2D eigenvalue weighted by Gasteiger charge is -2.02. The summed E-state index contributed by atoms with van der Waals surface area (Å²) in [7, 11) is 1.39. The molecule has 0 spiro atoms. The largest absolute Gasteiger partial charge is 0.465 e. The van der Waals surface area contributed by atoms with E-state index >= 15 is 0 Å². The number of nitrogens with one attached hydrogen (secondary N) is 1. The fourth-order valence-electron chi connectivity index (χ4n) is 1.59. The Morgan fingerprint density at radius 1 is 1.31 bits per heavy atom. The van der Waals surface area contributed by atoms with Crippen molar-refractivity contribution in [3.8, 4) is 0 Å². The zero-order valence-corrected chi connectivity index (χ0v) is 10.1. The molecule has 3 nitrogen and oxygen atoms in total. The summed E-state index contributed by atoms with van der Waals surface area (Å²) in [5.74, 6) is -0.304. The average Bonchev–Trinajstić information content (AvgIpc) is 2.77. The summed E-state index contributed by atoms with van der Waals surface area (Å²) in [6.45, 7) is 5.96. The van der Waals surface area contributed by atoms with E-state index in [9.17, 15) is 4.79 Å². The smallest absolute Gasteiger partial charge is 0.340 e. The van der Waals surface area contributed by atoms with Crippen molar-refractivity contribution in [3.05, 3.63) is 35.5 Å². The summed E-state index contributed by atoms with van der Waals surface area (Å²) in [4.78, 5) is 14.5. The molecular formula is C13H17NO2. The highest BCUT2D eigenvalue weighted by atomic mass is 16.5. The molecule has 0 bridgehead atoms. The number of carbonyl (C=O) groups excluding carboxylic acids is 1. The Labute approximate surface area is 95.4 Å². The zero-order chi connectivity index (χ0) is 12.1. The second-order valence-corrected chi connectivity index (χ2v) is 3.25. The molecule has 0 saturated heterocycles. The van der Waals surface area contributed by atoms with Crippen molar-refractivity contribution in [2.45, 2.75) is 20.8 Å². The predicted molar refractivity (Wildman–Crippen MR) is 65.7 cm³/mol. The Morgan fingerprint density at radius 3 is 2.62 bits per heavy atom. The summed E-state index contributed by atoms with van der Waals surface area (Å²) < 4.78 is 4.71. The minimum Gasteiger partial charge on any atom is -0.465 e. The zero-order valence-electron chi connectivity index (χ0n) is 10.1. The van der Waals surface area contributed by atoms with Crippen LogP contribution in [0.3, 0.4) is 0 Å². The standard InChI is InChI=1S/C11H11NO2.C2H6/c1-7-5-8-3-4-12-10(8)9(6-7)11(13)14-2;1-2/h3-6,12H,1-2H3;1-2H3. The first kappa shape index (κ1) is 12.3. The number of hydrogen-bond acceptors (Lipinski definition) is 2. The van der Waals surface area contributed by atoms with Crippen LogP contribution >= 0.6 is 0 Å². The van der Waals surface area contributed by atoms with Gasteiger partial charge in [0.15, 0.2) is 0 Å². The molecular weight excluding hydrogens is 202 g/mol. The van der Waals surface area contributed by atoms with Gasteiger partial charge in [0, 0.05) is 11.6 Å². The summed E-state index contributed by atoms with van der Waals surface area (Å²) >= 11 is 0. The van der Waals surface area contributed by atoms with Crippen LogP contribution in [0.4, 0.5) is 0 Å². The van der Waals surface area contributed by atoms with Crippen LogP contribution in [0.15, 0.2) is 24.4 Å². The normalized spacial score (nSPS) is 9.50. The number of methoxy groups -OCH3 is 1. The Hall–Kier alpha value is -1.77. The van der Waals surface area contributed by atoms with Crippen LogP contribution in [0.2, 0.25) is 0 Å². The van der Waals surface area contributed by atoms with Gasteiger partial charge >= 0.3 is 5.97 Å². The van der Waals surface area contributed by atoms with E-state index in [-0.39, 0.29) is 5.97 Å². The molecule has 1 aromatic heterocycles. The molecule has 0 aliphatic carbocycles. The van der Waals surface area contributed by atoms with Crippen molar-refractivity contribution in [2.75, 3.05) is 7.11 Å². The van der Waals surface area contributed by atoms with Crippen molar-refractivity contribution >= 4 is 16.9 Å². The van der Waals surface area contributed by atoms with E-state index in [1.165, 1.54) is 7.11 Å². The number of benzene rings is 1. The van der Waals surface area contributed by atoms with E-state index < -0.39 is 0 Å². The maximum Gasteiger partial charge on any atom is 0.340 e. The van der Waals surface area contributed by atoms with Crippen LogP contribution in [0, 0.1) is 6.92 Å². The van der Waals surface area contributed by atoms with Gasteiger partial charge in [-0.2, -0.15) is 0 Å². The number of fused-ring (bicyclic) bond motifs is 1. The van der Waals surface area contributed by atoms with Gasteiger partial charge in [0.05, 0.1) is 18.2 Å². The number of carbonyl (C=O) groups is 1. The topological polar surface area (TPSA) is 42.1 Å². The van der Waals surface area contributed by atoms with Gasteiger partial charge in [-0.15, -0.1) is 0 Å². The number of hydrogen-bond donors (Lipinski definition) is 1. The first-order valence-electron chi connectivity index (χ1n) is 5.38. The Morgan fingerprint density at radius 2 is 2.00 bits per heavy atom. The minimum absolute atomic E-state index is 0.304. The monoisotopic (exact) mass is 219 g/mol. The summed E-state index contributed by atoms with van der Waals surface area (Å²) in [5, 5.41) is 1.03. The first-order chi connectivity index (χ1) is 7.72. The molecule has 86 valence electrons. The third-order valence-electron chi connectivity index (χ3n) is 2.21. The highest BCUT2D eigenvalue weighted by Crippen LogP contribution is 2.20. The predicted octanol–water partition coefficient (Wildman–Crippen LogP) is 3.29. The lowest BCUT2D eigenvalue weighted by molar-refractivity contribution is 0.0602. The van der Waals surface area contributed by atoms with Gasteiger partial charge in [-0.25, -0.2) is 4.79 Å². The molecule has 0 atom stereocenters. The molecule has 0 saturated carbocycles. The quantitative estimate of drug-likeness (QED) is 0.748. The second kappa shape index (κ2) is 5.35. The third kappa shape index (κ3) is 2.24. The molecule has 0 aliphatic rings. The molecule has 0 amide bonds. The number of ether oxygens (including phenoxy) is 1. The van der Waals surface area contributed by atoms with Crippen LogP contribution < -0.4 is 0 Å². The van der Waals surface area contributed by atoms with Gasteiger partial charge in [0.25, 0.3) is 0 Å². The van der Waals surface area contributed by atoms with E-state index in [0.717, 1.165) is 16.5 Å². The molecule has 2 rings (SSSR count). The molecule has 1 N–H and O–H groups in total. The van der Waals surface area contributed by atoms with Gasteiger partial charge < -0.3 is 9.72 Å². The average molecular weight is 219 g/mol. The van der Waals surface area contributed by atoms with Crippen molar-refractivity contribution in [2.24, 2.45) is 0 Å². The van der Waals surface area contributed by atoms with Crippen LogP contribution in [-0.2, 0) is 4.74 Å². The molecule has 3 heteroatoms. The van der Waals surface area contributed by atoms with E-state index in [0.29, 0.717) is 5.56 Å². The highest BCUT2D eigenvalue weighted by Gasteiger charge is 2.11. The summed E-state index contributed by atoms with van der Waals surface area (Å²) in [6, 6.07) is 5.79. The third-order valence-corrected chi connectivity index (χ3v) is 2.21. The molecule has 1 aromatic carbocycles. The second-order valence-electron chi connectivity index (χ2n) is 3.25.